The van der Waals surface area contributed by atoms with Crippen molar-refractivity contribution in [2.75, 3.05) is 6.54 Å². The standard InChI is InChI=1S/C21H25NO3S/c23-26(24,25)19-10-6-16(7-11-19)8-12-20-18-9-13-21(20)22(15-18)14-17-4-2-1-3-5-17/h1-7,10-11,18,20-21H,8-9,12-15H2,(H,23,24,25). The Bertz CT molecular complexity index is 849. The van der Waals surface area contributed by atoms with Gasteiger partial charge in [0.2, 0.25) is 0 Å². The van der Waals surface area contributed by atoms with Gasteiger partial charge in [0.25, 0.3) is 10.1 Å². The molecule has 1 aliphatic heterocycles. The van der Waals surface area contributed by atoms with Gasteiger partial charge in [-0.05, 0) is 60.8 Å². The molecule has 0 aromatic heterocycles. The van der Waals surface area contributed by atoms with Crippen molar-refractivity contribution in [1.29, 1.82) is 0 Å². The maximum absolute atomic E-state index is 11.1. The maximum atomic E-state index is 11.1. The number of hydrogen-bond donors (Lipinski definition) is 1. The molecule has 1 aliphatic carbocycles. The van der Waals surface area contributed by atoms with Crippen molar-refractivity contribution in [3.05, 3.63) is 65.7 Å². The molecule has 1 saturated carbocycles. The Morgan fingerprint density at radius 3 is 2.38 bits per heavy atom. The van der Waals surface area contributed by atoms with Gasteiger partial charge in [-0.25, -0.2) is 0 Å². The summed E-state index contributed by atoms with van der Waals surface area (Å²) in [4.78, 5) is 2.62. The van der Waals surface area contributed by atoms with Crippen LogP contribution in [0.15, 0.2) is 59.5 Å². The second-order valence-electron chi connectivity index (χ2n) is 7.64. The third-order valence-electron chi connectivity index (χ3n) is 6.09. The summed E-state index contributed by atoms with van der Waals surface area (Å²) in [5, 5.41) is 0. The molecule has 0 spiro atoms. The van der Waals surface area contributed by atoms with E-state index >= 15 is 0 Å². The Balaban J connectivity index is 1.37. The Labute approximate surface area is 155 Å². The summed E-state index contributed by atoms with van der Waals surface area (Å²) in [5.74, 6) is 1.53. The van der Waals surface area contributed by atoms with E-state index in [0.29, 0.717) is 6.04 Å². The topological polar surface area (TPSA) is 57.6 Å². The minimum absolute atomic E-state index is 0.0313. The number of nitrogens with zero attached hydrogens (tertiary/aromatic N) is 1. The molecule has 26 heavy (non-hydrogen) atoms. The highest BCUT2D eigenvalue weighted by atomic mass is 32.2. The fraction of sp³-hybridized carbons (Fsp3) is 0.429. The zero-order chi connectivity index (χ0) is 18.1. The molecular weight excluding hydrogens is 346 g/mol. The second kappa shape index (κ2) is 7.14. The predicted octanol–water partition coefficient (Wildman–Crippen LogP) is 3.78. The summed E-state index contributed by atoms with van der Waals surface area (Å²) < 4.78 is 31.4. The van der Waals surface area contributed by atoms with Gasteiger partial charge < -0.3 is 0 Å². The monoisotopic (exact) mass is 371 g/mol. The minimum Gasteiger partial charge on any atom is -0.296 e. The molecule has 4 rings (SSSR count). The van der Waals surface area contributed by atoms with Crippen LogP contribution in [-0.2, 0) is 23.1 Å². The van der Waals surface area contributed by atoms with Crippen LogP contribution in [0, 0.1) is 11.8 Å². The molecule has 3 atom stereocenters. The van der Waals surface area contributed by atoms with Crippen LogP contribution in [0.3, 0.4) is 0 Å². The van der Waals surface area contributed by atoms with Crippen LogP contribution in [0.25, 0.3) is 0 Å². The van der Waals surface area contributed by atoms with Gasteiger partial charge in [0.15, 0.2) is 0 Å². The summed E-state index contributed by atoms with van der Waals surface area (Å²) in [7, 11) is -4.10. The SMILES string of the molecule is O=S(=O)(O)c1ccc(CCC2C3CCC2N(Cc2ccccc2)C3)cc1. The summed E-state index contributed by atoms with van der Waals surface area (Å²) >= 11 is 0. The number of rotatable bonds is 6. The van der Waals surface area contributed by atoms with Crippen molar-refractivity contribution >= 4 is 10.1 Å². The zero-order valence-corrected chi connectivity index (χ0v) is 15.6. The Hall–Kier alpha value is -1.69. The molecule has 2 aromatic carbocycles. The van der Waals surface area contributed by atoms with Gasteiger partial charge >= 0.3 is 0 Å². The molecular formula is C21H25NO3S. The molecule has 1 heterocycles. The smallest absolute Gasteiger partial charge is 0.294 e. The molecule has 0 amide bonds. The van der Waals surface area contributed by atoms with Crippen LogP contribution in [-0.4, -0.2) is 30.5 Å². The molecule has 2 aliphatic rings. The third kappa shape index (κ3) is 3.70. The van der Waals surface area contributed by atoms with Crippen LogP contribution >= 0.6 is 0 Å². The highest BCUT2D eigenvalue weighted by Crippen LogP contribution is 2.45. The summed E-state index contributed by atoms with van der Waals surface area (Å²) in [6.45, 7) is 2.24. The van der Waals surface area contributed by atoms with E-state index in [1.807, 2.05) is 12.1 Å². The van der Waals surface area contributed by atoms with Gasteiger partial charge in [-0.15, -0.1) is 0 Å². The van der Waals surface area contributed by atoms with E-state index in [9.17, 15) is 8.42 Å². The highest BCUT2D eigenvalue weighted by molar-refractivity contribution is 7.85. The largest absolute Gasteiger partial charge is 0.296 e. The van der Waals surface area contributed by atoms with Crippen LogP contribution in [0.4, 0.5) is 0 Å². The Morgan fingerprint density at radius 2 is 1.69 bits per heavy atom. The van der Waals surface area contributed by atoms with Gasteiger partial charge in [-0.2, -0.15) is 8.42 Å². The number of benzene rings is 2. The molecule has 2 fully saturated rings. The fourth-order valence-electron chi connectivity index (χ4n) is 4.83. The lowest BCUT2D eigenvalue weighted by Crippen LogP contribution is -2.32. The van der Waals surface area contributed by atoms with E-state index in [1.54, 1.807) is 0 Å². The van der Waals surface area contributed by atoms with Crippen LogP contribution < -0.4 is 0 Å². The number of likely N-dealkylation sites (tertiary alicyclic amines) is 1. The van der Waals surface area contributed by atoms with E-state index in [-0.39, 0.29) is 4.90 Å². The van der Waals surface area contributed by atoms with Crippen molar-refractivity contribution in [3.63, 3.8) is 0 Å². The molecule has 138 valence electrons. The fourth-order valence-corrected chi connectivity index (χ4v) is 5.31. The van der Waals surface area contributed by atoms with Crippen LogP contribution in [0.2, 0.25) is 0 Å². The maximum Gasteiger partial charge on any atom is 0.294 e. The second-order valence-corrected chi connectivity index (χ2v) is 9.06. The van der Waals surface area contributed by atoms with Gasteiger partial charge in [0, 0.05) is 19.1 Å². The number of aryl methyl sites for hydroxylation is 1. The molecule has 4 nitrogen and oxygen atoms in total. The lowest BCUT2D eigenvalue weighted by Gasteiger charge is -2.27. The first-order valence-electron chi connectivity index (χ1n) is 9.35. The first kappa shape index (κ1) is 17.7. The van der Waals surface area contributed by atoms with E-state index in [0.717, 1.165) is 36.8 Å². The van der Waals surface area contributed by atoms with Gasteiger partial charge in [-0.3, -0.25) is 9.45 Å². The first-order chi connectivity index (χ1) is 12.5. The van der Waals surface area contributed by atoms with Crippen molar-refractivity contribution < 1.29 is 13.0 Å². The summed E-state index contributed by atoms with van der Waals surface area (Å²) in [6, 6.07) is 18.0. The van der Waals surface area contributed by atoms with Gasteiger partial charge in [0.1, 0.15) is 0 Å². The lowest BCUT2D eigenvalue weighted by molar-refractivity contribution is 0.196. The van der Waals surface area contributed by atoms with Crippen LogP contribution in [0.5, 0.6) is 0 Å². The molecule has 3 unspecified atom stereocenters. The number of fused-ring (bicyclic) bond motifs is 2. The predicted molar refractivity (Wildman–Crippen MR) is 101 cm³/mol. The van der Waals surface area contributed by atoms with Crippen molar-refractivity contribution in [2.24, 2.45) is 11.8 Å². The molecule has 2 aromatic rings. The summed E-state index contributed by atoms with van der Waals surface area (Å²) in [5.41, 5.74) is 2.53. The Morgan fingerprint density at radius 1 is 0.962 bits per heavy atom. The third-order valence-corrected chi connectivity index (χ3v) is 6.95. The number of piperidine rings is 1. The van der Waals surface area contributed by atoms with Crippen LogP contribution in [0.1, 0.15) is 30.4 Å². The van der Waals surface area contributed by atoms with E-state index in [1.165, 1.54) is 37.1 Å². The van der Waals surface area contributed by atoms with Gasteiger partial charge in [0.05, 0.1) is 4.90 Å². The molecule has 5 heteroatoms. The molecule has 0 radical (unpaired) electrons. The normalized spacial score (nSPS) is 25.7. The van der Waals surface area contributed by atoms with Crippen molar-refractivity contribution in [1.82, 2.24) is 4.90 Å². The molecule has 1 saturated heterocycles. The van der Waals surface area contributed by atoms with Crippen molar-refractivity contribution in [2.45, 2.75) is 43.2 Å². The quantitative estimate of drug-likeness (QED) is 0.785. The average molecular weight is 372 g/mol. The van der Waals surface area contributed by atoms with Crippen molar-refractivity contribution in [3.8, 4) is 0 Å². The first-order valence-corrected chi connectivity index (χ1v) is 10.8. The van der Waals surface area contributed by atoms with E-state index in [4.69, 9.17) is 4.55 Å². The minimum atomic E-state index is -4.10. The summed E-state index contributed by atoms with van der Waals surface area (Å²) in [6.07, 6.45) is 4.74. The van der Waals surface area contributed by atoms with Gasteiger partial charge in [-0.1, -0.05) is 42.5 Å². The lowest BCUT2D eigenvalue weighted by atomic mass is 9.91. The molecule has 1 N–H and O–H groups in total. The average Bonchev–Trinajstić information content (AvgIpc) is 3.17. The highest BCUT2D eigenvalue weighted by Gasteiger charge is 2.45. The molecule has 2 bridgehead atoms. The van der Waals surface area contributed by atoms with E-state index in [2.05, 4.69) is 35.2 Å². The number of hydrogen-bond acceptors (Lipinski definition) is 3. The Kier molecular flexibility index (Phi) is 4.86. The van der Waals surface area contributed by atoms with E-state index < -0.39 is 10.1 Å². The zero-order valence-electron chi connectivity index (χ0n) is 14.8.